The Morgan fingerprint density at radius 2 is 1.71 bits per heavy atom. The normalized spacial score (nSPS) is 20.0. The van der Waals surface area contributed by atoms with Crippen LogP contribution in [-0.4, -0.2) is 33.6 Å². The number of nitrogens with zero attached hydrogens (tertiary/aromatic N) is 2. The Labute approximate surface area is 183 Å². The topological polar surface area (TPSA) is 90.8 Å². The summed E-state index contributed by atoms with van der Waals surface area (Å²) < 4.78 is 16.5. The minimum Gasteiger partial charge on any atom is -0.450 e. The summed E-state index contributed by atoms with van der Waals surface area (Å²) in [4.78, 5) is 20.2. The number of carboxylic acid groups (broad SMARTS) is 1. The van der Waals surface area contributed by atoms with Crippen LogP contribution in [0.3, 0.4) is 0 Å². The van der Waals surface area contributed by atoms with Crippen molar-refractivity contribution in [2.75, 3.05) is 6.61 Å². The van der Waals surface area contributed by atoms with Gasteiger partial charge in [0.1, 0.15) is 6.61 Å². The molecule has 168 valence electrons. The first-order valence-electron chi connectivity index (χ1n) is 11.0. The van der Waals surface area contributed by atoms with Gasteiger partial charge in [0.25, 0.3) is 5.79 Å². The maximum absolute atomic E-state index is 11.2. The average Bonchev–Trinajstić information content (AvgIpc) is 3.06. The molecular formula is C24H32N2O5. The van der Waals surface area contributed by atoms with Gasteiger partial charge in [-0.15, -0.1) is 0 Å². The number of ether oxygens (including phenoxy) is 3. The van der Waals surface area contributed by atoms with Crippen LogP contribution in [0, 0.1) is 0 Å². The summed E-state index contributed by atoms with van der Waals surface area (Å²) in [5, 5.41) is 9.17. The van der Waals surface area contributed by atoms with E-state index >= 15 is 0 Å². The second-order valence-electron chi connectivity index (χ2n) is 8.42. The third kappa shape index (κ3) is 6.24. The van der Waals surface area contributed by atoms with Gasteiger partial charge >= 0.3 is 6.16 Å². The number of benzene rings is 1. The van der Waals surface area contributed by atoms with Crippen LogP contribution in [0.4, 0.5) is 4.79 Å². The predicted octanol–water partition coefficient (Wildman–Crippen LogP) is 5.68. The van der Waals surface area contributed by atoms with Crippen molar-refractivity contribution >= 4 is 6.16 Å². The van der Waals surface area contributed by atoms with Gasteiger partial charge in [0.2, 0.25) is 0 Å². The quantitative estimate of drug-likeness (QED) is 0.385. The Balaban J connectivity index is 1.63. The van der Waals surface area contributed by atoms with E-state index in [4.69, 9.17) is 19.3 Å². The number of hydrogen-bond acceptors (Lipinski definition) is 6. The van der Waals surface area contributed by atoms with Crippen LogP contribution in [0.25, 0.3) is 11.4 Å². The van der Waals surface area contributed by atoms with Crippen molar-refractivity contribution < 1.29 is 24.1 Å². The molecule has 1 aromatic carbocycles. The fourth-order valence-electron chi connectivity index (χ4n) is 3.73. The van der Waals surface area contributed by atoms with Gasteiger partial charge in [0.05, 0.1) is 0 Å². The fraction of sp³-hybridized carbons (Fsp3) is 0.542. The average molecular weight is 429 g/mol. The third-order valence-electron chi connectivity index (χ3n) is 5.38. The summed E-state index contributed by atoms with van der Waals surface area (Å²) >= 11 is 0. The molecule has 1 aliphatic heterocycles. The molecule has 1 saturated heterocycles. The number of unbranched alkanes of at least 4 members (excludes halogenated alkanes) is 5. The van der Waals surface area contributed by atoms with E-state index in [1.165, 1.54) is 32.1 Å². The van der Waals surface area contributed by atoms with E-state index in [9.17, 15) is 4.79 Å². The highest BCUT2D eigenvalue weighted by Gasteiger charge is 2.50. The molecule has 0 aliphatic carbocycles. The number of rotatable bonds is 10. The SMILES string of the molecule is CCCCCCCCc1cnc(-c2ccc([C@@]3(OC(=O)O)COC(C)(C)O3)cc2)nc1. The molecule has 0 bridgehead atoms. The number of aromatic nitrogens is 2. The van der Waals surface area contributed by atoms with E-state index < -0.39 is 17.7 Å². The van der Waals surface area contributed by atoms with E-state index in [0.29, 0.717) is 11.4 Å². The Morgan fingerprint density at radius 1 is 1.06 bits per heavy atom. The first kappa shape index (κ1) is 23.2. The first-order chi connectivity index (χ1) is 14.8. The Hall–Kier alpha value is -2.51. The zero-order chi connectivity index (χ0) is 22.3. The van der Waals surface area contributed by atoms with Crippen molar-refractivity contribution in [2.45, 2.75) is 77.3 Å². The number of aryl methyl sites for hydroxylation is 1. The summed E-state index contributed by atoms with van der Waals surface area (Å²) in [6.45, 7) is 5.64. The molecule has 0 unspecified atom stereocenters. The molecule has 0 saturated carbocycles. The zero-order valence-corrected chi connectivity index (χ0v) is 18.6. The Bertz CT molecular complexity index is 851. The van der Waals surface area contributed by atoms with Gasteiger partial charge in [-0.25, -0.2) is 14.8 Å². The Kier molecular flexibility index (Phi) is 7.62. The molecule has 1 N–H and O–H groups in total. The second kappa shape index (κ2) is 10.2. The van der Waals surface area contributed by atoms with Crippen molar-refractivity contribution in [3.8, 4) is 11.4 Å². The van der Waals surface area contributed by atoms with E-state index in [1.54, 1.807) is 26.0 Å². The van der Waals surface area contributed by atoms with Gasteiger partial charge in [0, 0.05) is 23.5 Å². The van der Waals surface area contributed by atoms with Crippen molar-refractivity contribution in [1.29, 1.82) is 0 Å². The fourth-order valence-corrected chi connectivity index (χ4v) is 3.73. The van der Waals surface area contributed by atoms with E-state index in [-0.39, 0.29) is 6.61 Å². The smallest absolute Gasteiger partial charge is 0.450 e. The third-order valence-corrected chi connectivity index (χ3v) is 5.38. The van der Waals surface area contributed by atoms with Crippen molar-refractivity contribution in [3.63, 3.8) is 0 Å². The minimum absolute atomic E-state index is 0.0186. The van der Waals surface area contributed by atoms with Crippen LogP contribution in [0.1, 0.15) is 70.4 Å². The van der Waals surface area contributed by atoms with Gasteiger partial charge < -0.3 is 19.3 Å². The summed E-state index contributed by atoms with van der Waals surface area (Å²) in [7, 11) is 0. The van der Waals surface area contributed by atoms with Crippen LogP contribution in [0.2, 0.25) is 0 Å². The van der Waals surface area contributed by atoms with Crippen molar-refractivity contribution in [1.82, 2.24) is 9.97 Å². The molecule has 1 atom stereocenters. The molecule has 7 heteroatoms. The summed E-state index contributed by atoms with van der Waals surface area (Å²) in [5.74, 6) is -1.81. The summed E-state index contributed by atoms with van der Waals surface area (Å²) in [6, 6.07) is 7.19. The summed E-state index contributed by atoms with van der Waals surface area (Å²) in [5.41, 5.74) is 2.53. The lowest BCUT2D eigenvalue weighted by molar-refractivity contribution is -0.240. The van der Waals surface area contributed by atoms with Gasteiger partial charge in [-0.3, -0.25) is 0 Å². The molecule has 2 aromatic rings. The monoisotopic (exact) mass is 428 g/mol. The molecule has 3 rings (SSSR count). The molecular weight excluding hydrogens is 396 g/mol. The molecule has 0 radical (unpaired) electrons. The largest absolute Gasteiger partial charge is 0.508 e. The highest BCUT2D eigenvalue weighted by Crippen LogP contribution is 2.40. The Morgan fingerprint density at radius 3 is 2.29 bits per heavy atom. The molecule has 1 aliphatic rings. The first-order valence-corrected chi connectivity index (χ1v) is 11.0. The van der Waals surface area contributed by atoms with Gasteiger partial charge in [-0.1, -0.05) is 63.3 Å². The van der Waals surface area contributed by atoms with Gasteiger partial charge in [-0.2, -0.15) is 0 Å². The lowest BCUT2D eigenvalue weighted by Gasteiger charge is -2.27. The molecule has 1 fully saturated rings. The maximum atomic E-state index is 11.2. The second-order valence-corrected chi connectivity index (χ2v) is 8.42. The highest BCUT2D eigenvalue weighted by atomic mass is 16.9. The van der Waals surface area contributed by atoms with Crippen molar-refractivity contribution in [2.24, 2.45) is 0 Å². The molecule has 1 aromatic heterocycles. The van der Waals surface area contributed by atoms with E-state index in [2.05, 4.69) is 16.9 Å². The maximum Gasteiger partial charge on any atom is 0.508 e. The van der Waals surface area contributed by atoms with Crippen LogP contribution < -0.4 is 0 Å². The molecule has 0 spiro atoms. The minimum atomic E-state index is -1.49. The standard InChI is InChI=1S/C24H32N2O5/c1-4-5-6-7-8-9-10-18-15-25-21(26-16-18)19-11-13-20(14-12-19)24(30-22(27)28)17-29-23(2,3)31-24/h11-16H,4-10,17H2,1-3H3,(H,27,28)/t24-/m1/s1. The van der Waals surface area contributed by atoms with E-state index in [1.807, 2.05) is 24.5 Å². The molecule has 31 heavy (non-hydrogen) atoms. The van der Waals surface area contributed by atoms with Crippen LogP contribution in [0.15, 0.2) is 36.7 Å². The lowest BCUT2D eigenvalue weighted by atomic mass is 10.0. The van der Waals surface area contributed by atoms with Crippen LogP contribution in [-0.2, 0) is 26.4 Å². The van der Waals surface area contributed by atoms with Crippen LogP contribution >= 0.6 is 0 Å². The number of hydrogen-bond donors (Lipinski definition) is 1. The van der Waals surface area contributed by atoms with Crippen molar-refractivity contribution in [3.05, 3.63) is 47.8 Å². The van der Waals surface area contributed by atoms with Crippen LogP contribution in [0.5, 0.6) is 0 Å². The van der Waals surface area contributed by atoms with Gasteiger partial charge in [0.15, 0.2) is 11.6 Å². The predicted molar refractivity (Wildman–Crippen MR) is 116 cm³/mol. The zero-order valence-electron chi connectivity index (χ0n) is 18.6. The molecule has 7 nitrogen and oxygen atoms in total. The molecule has 2 heterocycles. The lowest BCUT2D eigenvalue weighted by Crippen LogP contribution is -2.36. The number of carbonyl (C=O) groups is 1. The summed E-state index contributed by atoms with van der Waals surface area (Å²) in [6.07, 6.45) is 10.9. The van der Waals surface area contributed by atoms with Gasteiger partial charge in [-0.05, 0) is 32.3 Å². The molecule has 0 amide bonds. The highest BCUT2D eigenvalue weighted by molar-refractivity contribution is 5.59. The van der Waals surface area contributed by atoms with E-state index in [0.717, 1.165) is 24.0 Å².